The Balaban J connectivity index is 1.06. The number of aryl methyl sites for hydroxylation is 1. The second-order valence-corrected chi connectivity index (χ2v) is 12.7. The van der Waals surface area contributed by atoms with E-state index in [0.717, 1.165) is 40.4 Å². The number of piperidine rings is 1. The molecule has 1 aliphatic heterocycles. The topological polar surface area (TPSA) is 62.7 Å². The van der Waals surface area contributed by atoms with Gasteiger partial charge in [0.2, 0.25) is 0 Å². The Morgan fingerprint density at radius 1 is 0.975 bits per heavy atom. The van der Waals surface area contributed by atoms with Crippen molar-refractivity contribution in [2.75, 3.05) is 18.8 Å². The van der Waals surface area contributed by atoms with Crippen LogP contribution in [0.5, 0.6) is 0 Å². The van der Waals surface area contributed by atoms with Gasteiger partial charge in [0.05, 0.1) is 29.5 Å². The van der Waals surface area contributed by atoms with Crippen molar-refractivity contribution in [3.63, 3.8) is 0 Å². The standard InChI is InChI=1S/C33H32N2O3S2/c36-33(37)35-18-17-28(30(21-35)38-22-24-13-14-25-7-1-2-8-27(25)20-24)26-15-11-23(12-16-26)6-5-19-39-32-34-29-9-3-4-10-31(29)40-32/h1-4,7-16,20,28,30H,5-6,17-19,21-22H2,(H,36,37). The van der Waals surface area contributed by atoms with Crippen LogP contribution in [0.15, 0.2) is 95.3 Å². The van der Waals surface area contributed by atoms with Crippen LogP contribution >= 0.6 is 23.1 Å². The van der Waals surface area contributed by atoms with Crippen LogP contribution < -0.4 is 0 Å². The molecule has 6 rings (SSSR count). The predicted octanol–water partition coefficient (Wildman–Crippen LogP) is 8.23. The van der Waals surface area contributed by atoms with E-state index in [4.69, 9.17) is 9.72 Å². The summed E-state index contributed by atoms with van der Waals surface area (Å²) < 4.78 is 8.81. The summed E-state index contributed by atoms with van der Waals surface area (Å²) in [5.41, 5.74) is 4.73. The fourth-order valence-corrected chi connectivity index (χ4v) is 7.53. The number of amides is 1. The molecule has 5 aromatic rings. The van der Waals surface area contributed by atoms with E-state index < -0.39 is 6.09 Å². The van der Waals surface area contributed by atoms with Gasteiger partial charge in [-0.3, -0.25) is 0 Å². The minimum Gasteiger partial charge on any atom is -0.465 e. The van der Waals surface area contributed by atoms with Crippen LogP contribution in [0.1, 0.15) is 35.4 Å². The summed E-state index contributed by atoms with van der Waals surface area (Å²) in [6.45, 7) is 1.38. The van der Waals surface area contributed by atoms with E-state index in [1.54, 1.807) is 11.3 Å². The number of para-hydroxylation sites is 1. The Morgan fingerprint density at radius 3 is 2.58 bits per heavy atom. The van der Waals surface area contributed by atoms with E-state index >= 15 is 0 Å². The Hall–Kier alpha value is -3.39. The second kappa shape index (κ2) is 12.4. The summed E-state index contributed by atoms with van der Waals surface area (Å²) in [5, 5.41) is 12.0. The number of carboxylic acid groups (broad SMARTS) is 1. The van der Waals surface area contributed by atoms with Crippen molar-refractivity contribution < 1.29 is 14.6 Å². The van der Waals surface area contributed by atoms with Crippen molar-refractivity contribution in [1.29, 1.82) is 0 Å². The van der Waals surface area contributed by atoms with Crippen LogP contribution in [0.2, 0.25) is 0 Å². The number of hydrogen-bond acceptors (Lipinski definition) is 5. The molecule has 1 aromatic heterocycles. The molecule has 1 fully saturated rings. The van der Waals surface area contributed by atoms with Gasteiger partial charge in [-0.15, -0.1) is 11.3 Å². The summed E-state index contributed by atoms with van der Waals surface area (Å²) >= 11 is 3.60. The normalized spacial score (nSPS) is 17.4. The van der Waals surface area contributed by atoms with E-state index in [1.165, 1.54) is 31.5 Å². The van der Waals surface area contributed by atoms with Crippen molar-refractivity contribution in [1.82, 2.24) is 9.88 Å². The molecule has 0 bridgehead atoms. The Morgan fingerprint density at radius 2 is 1.75 bits per heavy atom. The predicted molar refractivity (Wildman–Crippen MR) is 165 cm³/mol. The zero-order chi connectivity index (χ0) is 27.3. The molecular formula is C33H32N2O3S2. The maximum atomic E-state index is 11.7. The SMILES string of the molecule is O=C(O)N1CCC(c2ccc(CCCSc3nc4ccccc4s3)cc2)C(OCc2ccc3ccccc3c2)C1. The number of rotatable bonds is 9. The van der Waals surface area contributed by atoms with E-state index in [0.29, 0.717) is 19.7 Å². The van der Waals surface area contributed by atoms with Gasteiger partial charge < -0.3 is 14.7 Å². The minimum atomic E-state index is -0.878. The van der Waals surface area contributed by atoms with E-state index in [9.17, 15) is 9.90 Å². The van der Waals surface area contributed by atoms with Crippen molar-refractivity contribution in [2.24, 2.45) is 0 Å². The van der Waals surface area contributed by atoms with Crippen LogP contribution in [0, 0.1) is 0 Å². The molecule has 2 unspecified atom stereocenters. The smallest absolute Gasteiger partial charge is 0.407 e. The first-order valence-corrected chi connectivity index (χ1v) is 15.6. The third-order valence-corrected chi connectivity index (χ3v) is 9.89. The first kappa shape index (κ1) is 26.8. The van der Waals surface area contributed by atoms with Crippen LogP contribution in [-0.4, -0.2) is 46.0 Å². The molecule has 1 N–H and O–H groups in total. The maximum Gasteiger partial charge on any atom is 0.407 e. The largest absolute Gasteiger partial charge is 0.465 e. The lowest BCUT2D eigenvalue weighted by atomic mass is 9.86. The average Bonchev–Trinajstić information content (AvgIpc) is 3.41. The average molecular weight is 569 g/mol. The highest BCUT2D eigenvalue weighted by molar-refractivity contribution is 8.01. The van der Waals surface area contributed by atoms with Crippen molar-refractivity contribution in [3.05, 3.63) is 108 Å². The van der Waals surface area contributed by atoms with Crippen molar-refractivity contribution in [3.8, 4) is 0 Å². The lowest BCUT2D eigenvalue weighted by Gasteiger charge is -2.37. The quantitative estimate of drug-likeness (QED) is 0.143. The fraction of sp³-hybridized carbons (Fsp3) is 0.273. The number of ether oxygens (including phenoxy) is 1. The maximum absolute atomic E-state index is 11.7. The minimum absolute atomic E-state index is 0.166. The molecule has 7 heteroatoms. The third kappa shape index (κ3) is 6.33. The number of aromatic nitrogens is 1. The molecule has 0 radical (unpaired) electrons. The monoisotopic (exact) mass is 568 g/mol. The second-order valence-electron chi connectivity index (χ2n) is 10.3. The summed E-state index contributed by atoms with van der Waals surface area (Å²) in [6, 6.07) is 31.8. The highest BCUT2D eigenvalue weighted by Gasteiger charge is 2.33. The number of fused-ring (bicyclic) bond motifs is 2. The van der Waals surface area contributed by atoms with Crippen LogP contribution in [0.3, 0.4) is 0 Å². The molecule has 0 saturated carbocycles. The van der Waals surface area contributed by atoms with Gasteiger partial charge in [-0.25, -0.2) is 9.78 Å². The van der Waals surface area contributed by atoms with Crippen molar-refractivity contribution in [2.45, 2.75) is 42.2 Å². The summed E-state index contributed by atoms with van der Waals surface area (Å²) in [4.78, 5) is 17.9. The lowest BCUT2D eigenvalue weighted by Crippen LogP contribution is -2.46. The first-order valence-electron chi connectivity index (χ1n) is 13.8. The van der Waals surface area contributed by atoms with E-state index in [-0.39, 0.29) is 12.0 Å². The van der Waals surface area contributed by atoms with Crippen LogP contribution in [-0.2, 0) is 17.8 Å². The van der Waals surface area contributed by atoms with Gasteiger partial charge in [-0.2, -0.15) is 0 Å². The number of benzene rings is 4. The highest BCUT2D eigenvalue weighted by Crippen LogP contribution is 2.33. The van der Waals surface area contributed by atoms with Crippen LogP contribution in [0.25, 0.3) is 21.0 Å². The molecule has 0 spiro atoms. The number of carbonyl (C=O) groups is 1. The number of thioether (sulfide) groups is 1. The molecule has 5 nitrogen and oxygen atoms in total. The summed E-state index contributed by atoms with van der Waals surface area (Å²) in [5.74, 6) is 1.21. The Kier molecular flexibility index (Phi) is 8.32. The van der Waals surface area contributed by atoms with Gasteiger partial charge in [0, 0.05) is 18.2 Å². The van der Waals surface area contributed by atoms with Gasteiger partial charge in [-0.1, -0.05) is 84.6 Å². The van der Waals surface area contributed by atoms with Crippen molar-refractivity contribution >= 4 is 50.2 Å². The number of hydrogen-bond donors (Lipinski definition) is 1. The summed E-state index contributed by atoms with van der Waals surface area (Å²) in [6.07, 6.45) is 1.81. The zero-order valence-corrected chi connectivity index (χ0v) is 23.9. The van der Waals surface area contributed by atoms with Gasteiger partial charge >= 0.3 is 6.09 Å². The number of likely N-dealkylation sites (tertiary alicyclic amines) is 1. The fourth-order valence-electron chi connectivity index (χ4n) is 5.45. The van der Waals surface area contributed by atoms with Gasteiger partial charge in [0.15, 0.2) is 4.34 Å². The van der Waals surface area contributed by atoms with Gasteiger partial charge in [-0.05, 0) is 64.9 Å². The molecular weight excluding hydrogens is 537 g/mol. The van der Waals surface area contributed by atoms with Crippen LogP contribution in [0.4, 0.5) is 4.79 Å². The lowest BCUT2D eigenvalue weighted by molar-refractivity contribution is -0.0199. The molecule has 2 atom stereocenters. The highest BCUT2D eigenvalue weighted by atomic mass is 32.2. The number of nitrogens with zero attached hydrogens (tertiary/aromatic N) is 2. The van der Waals surface area contributed by atoms with E-state index in [1.807, 2.05) is 30.0 Å². The Bertz CT molecular complexity index is 1570. The third-order valence-electron chi connectivity index (χ3n) is 7.63. The molecule has 1 amide bonds. The molecule has 0 aliphatic carbocycles. The molecule has 4 aromatic carbocycles. The molecule has 1 aliphatic rings. The van der Waals surface area contributed by atoms with E-state index in [2.05, 4.69) is 72.8 Å². The molecule has 204 valence electrons. The van der Waals surface area contributed by atoms with Gasteiger partial charge in [0.1, 0.15) is 0 Å². The first-order chi connectivity index (χ1) is 19.6. The summed E-state index contributed by atoms with van der Waals surface area (Å²) in [7, 11) is 0. The molecule has 2 heterocycles. The molecule has 40 heavy (non-hydrogen) atoms. The Labute approximate surface area is 242 Å². The zero-order valence-electron chi connectivity index (χ0n) is 22.2. The molecule has 1 saturated heterocycles. The van der Waals surface area contributed by atoms with Gasteiger partial charge in [0.25, 0.3) is 0 Å². The number of thiazole rings is 1.